The number of carbonyl (C=O) groups excluding carboxylic acids is 1. The van der Waals surface area contributed by atoms with Crippen molar-refractivity contribution in [3.8, 4) is 11.5 Å². The maximum atomic E-state index is 12.8. The summed E-state index contributed by atoms with van der Waals surface area (Å²) in [4.78, 5) is 14.7. The van der Waals surface area contributed by atoms with Crippen molar-refractivity contribution in [2.45, 2.75) is 50.4 Å². The van der Waals surface area contributed by atoms with E-state index in [1.165, 1.54) is 12.8 Å². The highest BCUT2D eigenvalue weighted by Gasteiger charge is 2.37. The van der Waals surface area contributed by atoms with Gasteiger partial charge in [0.2, 0.25) is 0 Å². The molecule has 1 aromatic heterocycles. The highest BCUT2D eigenvalue weighted by atomic mass is 16.5. The number of ether oxygens (including phenoxy) is 2. The van der Waals surface area contributed by atoms with Crippen molar-refractivity contribution in [1.29, 1.82) is 0 Å². The first-order chi connectivity index (χ1) is 13.1. The van der Waals surface area contributed by atoms with Gasteiger partial charge in [-0.25, -0.2) is 0 Å². The number of furan rings is 1. The molecule has 6 nitrogen and oxygen atoms in total. The number of hydrogen-bond acceptors (Lipinski definition) is 5. The molecule has 1 N–H and O–H groups in total. The van der Waals surface area contributed by atoms with E-state index in [1.54, 1.807) is 19.2 Å². The van der Waals surface area contributed by atoms with Crippen LogP contribution in [0.3, 0.4) is 0 Å². The van der Waals surface area contributed by atoms with Gasteiger partial charge in [-0.3, -0.25) is 4.79 Å². The van der Waals surface area contributed by atoms with Crippen molar-refractivity contribution in [2.75, 3.05) is 14.2 Å². The molecule has 2 aromatic rings. The second kappa shape index (κ2) is 7.64. The van der Waals surface area contributed by atoms with Gasteiger partial charge in [-0.15, -0.1) is 0 Å². The van der Waals surface area contributed by atoms with Crippen molar-refractivity contribution in [3.63, 3.8) is 0 Å². The minimum absolute atomic E-state index is 0.0650. The molecular formula is C21H26N2O4. The summed E-state index contributed by atoms with van der Waals surface area (Å²) in [6.45, 7) is 0.245. The van der Waals surface area contributed by atoms with Crippen LogP contribution in [0.5, 0.6) is 11.5 Å². The number of fused-ring (bicyclic) bond motifs is 2. The molecule has 0 saturated carbocycles. The lowest BCUT2D eigenvalue weighted by Crippen LogP contribution is -2.48. The van der Waals surface area contributed by atoms with Gasteiger partial charge >= 0.3 is 0 Å². The van der Waals surface area contributed by atoms with Crippen LogP contribution < -0.4 is 14.8 Å². The average molecular weight is 370 g/mol. The van der Waals surface area contributed by atoms with E-state index in [9.17, 15) is 4.79 Å². The maximum absolute atomic E-state index is 12.8. The molecule has 0 radical (unpaired) electrons. The molecule has 27 heavy (non-hydrogen) atoms. The summed E-state index contributed by atoms with van der Waals surface area (Å²) in [7, 11) is 3.49. The summed E-state index contributed by atoms with van der Waals surface area (Å²) < 4.78 is 16.8. The average Bonchev–Trinajstić information content (AvgIpc) is 3.31. The van der Waals surface area contributed by atoms with Crippen LogP contribution in [-0.2, 0) is 6.61 Å². The third-order valence-electron chi connectivity index (χ3n) is 5.63. The summed E-state index contributed by atoms with van der Waals surface area (Å²) in [6, 6.07) is 12.3. The fraction of sp³-hybridized carbons (Fsp3) is 0.476. The van der Waals surface area contributed by atoms with Crippen LogP contribution in [0.2, 0.25) is 0 Å². The van der Waals surface area contributed by atoms with E-state index < -0.39 is 0 Å². The first kappa shape index (κ1) is 17.9. The first-order valence-electron chi connectivity index (χ1n) is 9.51. The molecule has 2 unspecified atom stereocenters. The zero-order chi connectivity index (χ0) is 18.8. The number of hydrogen-bond donors (Lipinski definition) is 1. The smallest absolute Gasteiger partial charge is 0.289 e. The normalized spacial score (nSPS) is 23.9. The predicted molar refractivity (Wildman–Crippen MR) is 101 cm³/mol. The Kier molecular flexibility index (Phi) is 5.07. The van der Waals surface area contributed by atoms with Gasteiger partial charge in [0.15, 0.2) is 17.3 Å². The molecule has 1 amide bonds. The van der Waals surface area contributed by atoms with Crippen LogP contribution in [0.25, 0.3) is 0 Å². The Morgan fingerprint density at radius 3 is 2.56 bits per heavy atom. The lowest BCUT2D eigenvalue weighted by Gasteiger charge is -2.35. The van der Waals surface area contributed by atoms with Gasteiger partial charge in [-0.1, -0.05) is 12.1 Å². The molecule has 0 aliphatic carbocycles. The van der Waals surface area contributed by atoms with E-state index in [4.69, 9.17) is 13.9 Å². The van der Waals surface area contributed by atoms with E-state index >= 15 is 0 Å². The lowest BCUT2D eigenvalue weighted by molar-refractivity contribution is 0.0645. The molecule has 2 bridgehead atoms. The fourth-order valence-corrected chi connectivity index (χ4v) is 4.14. The Balaban J connectivity index is 1.37. The van der Waals surface area contributed by atoms with Crippen LogP contribution in [0.1, 0.15) is 42.0 Å². The third-order valence-corrected chi connectivity index (χ3v) is 5.63. The Bertz CT molecular complexity index is 791. The van der Waals surface area contributed by atoms with Crippen LogP contribution >= 0.6 is 0 Å². The summed E-state index contributed by atoms with van der Waals surface area (Å²) in [5.41, 5.74) is 0. The van der Waals surface area contributed by atoms with Crippen molar-refractivity contribution >= 4 is 5.91 Å². The van der Waals surface area contributed by atoms with Gasteiger partial charge in [-0.2, -0.15) is 0 Å². The summed E-state index contributed by atoms with van der Waals surface area (Å²) >= 11 is 0. The Labute approximate surface area is 159 Å². The number of benzene rings is 1. The summed E-state index contributed by atoms with van der Waals surface area (Å²) in [5.74, 6) is 2.22. The van der Waals surface area contributed by atoms with Gasteiger partial charge in [-0.05, 0) is 49.9 Å². The van der Waals surface area contributed by atoms with E-state index in [1.807, 2.05) is 36.2 Å². The predicted octanol–water partition coefficient (Wildman–Crippen LogP) is 3.22. The largest absolute Gasteiger partial charge is 0.493 e. The lowest BCUT2D eigenvalue weighted by atomic mass is 9.98. The SMILES string of the molecule is COc1ccccc1OCc1ccc(C(=O)N(C)C2CC3CCC(C2)N3)o1. The van der Waals surface area contributed by atoms with E-state index in [2.05, 4.69) is 5.32 Å². The third kappa shape index (κ3) is 3.81. The van der Waals surface area contributed by atoms with Crippen molar-refractivity contribution in [1.82, 2.24) is 10.2 Å². The number of para-hydroxylation sites is 2. The molecule has 6 heteroatoms. The van der Waals surface area contributed by atoms with Crippen LogP contribution in [-0.4, -0.2) is 43.1 Å². The number of nitrogens with zero attached hydrogens (tertiary/aromatic N) is 1. The van der Waals surface area contributed by atoms with Gasteiger partial charge in [0, 0.05) is 25.2 Å². The molecule has 2 saturated heterocycles. The monoisotopic (exact) mass is 370 g/mol. The first-order valence-corrected chi connectivity index (χ1v) is 9.51. The molecule has 2 aliphatic heterocycles. The Hall–Kier alpha value is -2.47. The zero-order valence-electron chi connectivity index (χ0n) is 15.8. The summed E-state index contributed by atoms with van der Waals surface area (Å²) in [6.07, 6.45) is 4.47. The molecule has 0 spiro atoms. The van der Waals surface area contributed by atoms with Crippen LogP contribution in [0, 0.1) is 0 Å². The maximum Gasteiger partial charge on any atom is 0.289 e. The summed E-state index contributed by atoms with van der Waals surface area (Å²) in [5, 5.41) is 3.61. The van der Waals surface area contributed by atoms with Gasteiger partial charge in [0.25, 0.3) is 5.91 Å². The van der Waals surface area contributed by atoms with Crippen molar-refractivity contribution < 1.29 is 18.7 Å². The highest BCUT2D eigenvalue weighted by Crippen LogP contribution is 2.30. The topological polar surface area (TPSA) is 63.9 Å². The number of rotatable bonds is 6. The second-order valence-corrected chi connectivity index (χ2v) is 7.38. The molecule has 4 rings (SSSR count). The van der Waals surface area contributed by atoms with E-state index in [0.29, 0.717) is 35.1 Å². The minimum atomic E-state index is -0.0650. The highest BCUT2D eigenvalue weighted by molar-refractivity contribution is 5.91. The molecular weight excluding hydrogens is 344 g/mol. The fourth-order valence-electron chi connectivity index (χ4n) is 4.14. The van der Waals surface area contributed by atoms with Gasteiger partial charge in [0.1, 0.15) is 12.4 Å². The number of methoxy groups -OCH3 is 1. The van der Waals surface area contributed by atoms with Gasteiger partial charge in [0.05, 0.1) is 7.11 Å². The van der Waals surface area contributed by atoms with Crippen LogP contribution in [0.4, 0.5) is 0 Å². The minimum Gasteiger partial charge on any atom is -0.493 e. The molecule has 2 fully saturated rings. The molecule has 2 atom stereocenters. The van der Waals surface area contributed by atoms with Crippen molar-refractivity contribution in [3.05, 3.63) is 47.9 Å². The standard InChI is InChI=1S/C21H26N2O4/c1-23(16-11-14-7-8-15(12-16)22-14)21(24)20-10-9-17(27-20)13-26-19-6-4-3-5-18(19)25-2/h3-6,9-10,14-16,22H,7-8,11-13H2,1-2H3. The second-order valence-electron chi connectivity index (χ2n) is 7.38. The number of piperidine rings is 1. The van der Waals surface area contributed by atoms with Crippen LogP contribution in [0.15, 0.2) is 40.8 Å². The number of carbonyl (C=O) groups is 1. The van der Waals surface area contributed by atoms with E-state index in [0.717, 1.165) is 12.8 Å². The van der Waals surface area contributed by atoms with E-state index in [-0.39, 0.29) is 18.6 Å². The quantitative estimate of drug-likeness (QED) is 0.846. The molecule has 1 aromatic carbocycles. The van der Waals surface area contributed by atoms with Crippen molar-refractivity contribution in [2.24, 2.45) is 0 Å². The molecule has 144 valence electrons. The molecule has 2 aliphatic rings. The Morgan fingerprint density at radius 1 is 1.15 bits per heavy atom. The number of amides is 1. The zero-order valence-corrected chi connectivity index (χ0v) is 15.8. The Morgan fingerprint density at radius 2 is 1.85 bits per heavy atom. The molecule has 3 heterocycles. The van der Waals surface area contributed by atoms with Gasteiger partial charge < -0.3 is 24.1 Å². The number of nitrogens with one attached hydrogen (secondary N) is 1.